The largest absolute Gasteiger partial charge is 0.412 e. The fraction of sp³-hybridized carbons (Fsp3) is 0.467. The first-order valence-electron chi connectivity index (χ1n) is 6.63. The Morgan fingerprint density at radius 3 is 2.06 bits per heavy atom. The fourth-order valence-electron chi connectivity index (χ4n) is 1.94. The maximum Gasteiger partial charge on any atom is 0.184 e. The van der Waals surface area contributed by atoms with Gasteiger partial charge in [-0.05, 0) is 26.6 Å². The van der Waals surface area contributed by atoms with Gasteiger partial charge in [-0.3, -0.25) is 0 Å². The third kappa shape index (κ3) is 5.33. The van der Waals surface area contributed by atoms with Crippen LogP contribution in [-0.2, 0) is 4.43 Å². The van der Waals surface area contributed by atoms with Gasteiger partial charge in [-0.1, -0.05) is 60.4 Å². The molecule has 1 nitrogen and oxygen atoms in total. The van der Waals surface area contributed by atoms with Crippen molar-refractivity contribution in [3.8, 4) is 0 Å². The van der Waals surface area contributed by atoms with E-state index in [1.165, 1.54) is 5.19 Å². The summed E-state index contributed by atoms with van der Waals surface area (Å²) >= 11 is 0. The predicted octanol–water partition coefficient (Wildman–Crippen LogP) is 3.94. The topological polar surface area (TPSA) is 9.23 Å². The molecule has 0 fully saturated rings. The van der Waals surface area contributed by atoms with Crippen molar-refractivity contribution >= 4 is 21.6 Å². The molecule has 1 rings (SSSR count). The fourth-order valence-corrected chi connectivity index (χ4v) is 5.13. The molecule has 0 aliphatic carbocycles. The summed E-state index contributed by atoms with van der Waals surface area (Å²) in [5, 5.41) is 1.47. The molecule has 1 aromatic carbocycles. The van der Waals surface area contributed by atoms with Crippen molar-refractivity contribution in [3.05, 3.63) is 42.1 Å². The van der Waals surface area contributed by atoms with Gasteiger partial charge in [0.25, 0.3) is 0 Å². The molecule has 0 unspecified atom stereocenters. The highest BCUT2D eigenvalue weighted by Crippen LogP contribution is 2.11. The normalized spacial score (nSPS) is 15.0. The van der Waals surface area contributed by atoms with Crippen LogP contribution < -0.4 is 5.19 Å². The van der Waals surface area contributed by atoms with Gasteiger partial charge in [0.2, 0.25) is 0 Å². The van der Waals surface area contributed by atoms with Gasteiger partial charge < -0.3 is 4.43 Å². The number of hydrogen-bond acceptors (Lipinski definition) is 1. The second-order valence-electron chi connectivity index (χ2n) is 6.38. The zero-order valence-electron chi connectivity index (χ0n) is 12.5. The van der Waals surface area contributed by atoms with Gasteiger partial charge in [0.1, 0.15) is 8.07 Å². The maximum atomic E-state index is 6.04. The molecule has 0 radical (unpaired) electrons. The summed E-state index contributed by atoms with van der Waals surface area (Å²) in [6, 6.07) is 10.8. The lowest BCUT2D eigenvalue weighted by molar-refractivity contribution is 0.263. The molecule has 0 N–H and O–H groups in total. The van der Waals surface area contributed by atoms with E-state index >= 15 is 0 Å². The van der Waals surface area contributed by atoms with Crippen LogP contribution in [0.1, 0.15) is 6.92 Å². The van der Waals surface area contributed by atoms with Crippen molar-refractivity contribution in [2.75, 3.05) is 0 Å². The molecular weight excluding hydrogens is 252 g/mol. The first-order chi connectivity index (χ1) is 8.21. The minimum Gasteiger partial charge on any atom is -0.412 e. The number of rotatable bonds is 5. The maximum absolute atomic E-state index is 6.04. The van der Waals surface area contributed by atoms with Crippen LogP contribution >= 0.6 is 0 Å². The quantitative estimate of drug-likeness (QED) is 0.741. The minimum atomic E-state index is -1.46. The van der Waals surface area contributed by atoms with Crippen LogP contribution in [0.4, 0.5) is 0 Å². The zero-order chi connectivity index (χ0) is 13.8. The van der Waals surface area contributed by atoms with Crippen molar-refractivity contribution in [3.63, 3.8) is 0 Å². The zero-order valence-corrected chi connectivity index (χ0v) is 14.5. The van der Waals surface area contributed by atoms with Crippen LogP contribution in [-0.4, -0.2) is 22.5 Å². The van der Waals surface area contributed by atoms with Crippen molar-refractivity contribution in [2.45, 2.75) is 45.8 Å². The van der Waals surface area contributed by atoms with E-state index in [-0.39, 0.29) is 6.10 Å². The molecule has 1 atom stereocenters. The highest BCUT2D eigenvalue weighted by Gasteiger charge is 2.21. The van der Waals surface area contributed by atoms with Crippen molar-refractivity contribution in [1.29, 1.82) is 0 Å². The van der Waals surface area contributed by atoms with E-state index in [9.17, 15) is 0 Å². The Morgan fingerprint density at radius 2 is 1.56 bits per heavy atom. The minimum absolute atomic E-state index is 0.229. The molecule has 0 bridgehead atoms. The van der Waals surface area contributed by atoms with Gasteiger partial charge in [0.05, 0.1) is 6.10 Å². The molecule has 0 amide bonds. The molecule has 1 aromatic rings. The van der Waals surface area contributed by atoms with Crippen LogP contribution in [0.25, 0.3) is 0 Å². The predicted molar refractivity (Wildman–Crippen MR) is 86.6 cm³/mol. The molecule has 0 spiro atoms. The summed E-state index contributed by atoms with van der Waals surface area (Å²) in [6.45, 7) is 13.6. The highest BCUT2D eigenvalue weighted by atomic mass is 28.4. The van der Waals surface area contributed by atoms with E-state index < -0.39 is 16.4 Å². The molecule has 0 saturated heterocycles. The number of hydrogen-bond donors (Lipinski definition) is 0. The van der Waals surface area contributed by atoms with Gasteiger partial charge in [-0.2, -0.15) is 0 Å². The van der Waals surface area contributed by atoms with Gasteiger partial charge >= 0.3 is 0 Å². The first-order valence-corrected chi connectivity index (χ1v) is 13.1. The standard InChI is InChI=1S/C15H26OSi2/c1-14(16-17(2,3)4)12-13-18(5,6)15-10-8-7-9-11-15/h7-14H,1-6H3/b13-12+/t14-/m1/s1. The third-order valence-corrected chi connectivity index (χ3v) is 6.77. The second kappa shape index (κ2) is 6.00. The first kappa shape index (κ1) is 15.4. The Kier molecular flexibility index (Phi) is 5.13. The van der Waals surface area contributed by atoms with Crippen LogP contribution in [0.3, 0.4) is 0 Å². The summed E-state index contributed by atoms with van der Waals surface area (Å²) in [5.74, 6) is 0. The molecule has 0 aliphatic heterocycles. The molecule has 0 aromatic heterocycles. The van der Waals surface area contributed by atoms with Crippen molar-refractivity contribution in [2.24, 2.45) is 0 Å². The molecule has 100 valence electrons. The van der Waals surface area contributed by atoms with E-state index in [0.717, 1.165) is 0 Å². The van der Waals surface area contributed by atoms with E-state index in [1.54, 1.807) is 0 Å². The smallest absolute Gasteiger partial charge is 0.184 e. The van der Waals surface area contributed by atoms with Crippen LogP contribution in [0, 0.1) is 0 Å². The van der Waals surface area contributed by atoms with Crippen LogP contribution in [0.5, 0.6) is 0 Å². The van der Waals surface area contributed by atoms with Gasteiger partial charge in [-0.15, -0.1) is 0 Å². The molecular formula is C15H26OSi2. The summed E-state index contributed by atoms with van der Waals surface area (Å²) in [6.07, 6.45) is 2.48. The van der Waals surface area contributed by atoms with Crippen LogP contribution in [0.2, 0.25) is 32.7 Å². The SMILES string of the molecule is C[C@H](/C=C/[Si](C)(C)c1ccccc1)O[Si](C)(C)C. The Bertz CT molecular complexity index is 391. The second-order valence-corrected chi connectivity index (χ2v) is 15.2. The van der Waals surface area contributed by atoms with E-state index in [1.807, 2.05) is 0 Å². The molecule has 18 heavy (non-hydrogen) atoms. The lowest BCUT2D eigenvalue weighted by atomic mass is 10.4. The average Bonchev–Trinajstić information content (AvgIpc) is 2.26. The Labute approximate surface area is 114 Å². The summed E-state index contributed by atoms with van der Waals surface area (Å²) in [4.78, 5) is 0. The van der Waals surface area contributed by atoms with Gasteiger partial charge in [0.15, 0.2) is 8.32 Å². The van der Waals surface area contributed by atoms with E-state index in [0.29, 0.717) is 0 Å². The summed E-state index contributed by atoms with van der Waals surface area (Å²) < 4.78 is 6.04. The van der Waals surface area contributed by atoms with E-state index in [4.69, 9.17) is 4.43 Å². The third-order valence-electron chi connectivity index (χ3n) is 2.84. The van der Waals surface area contributed by atoms with Crippen molar-refractivity contribution < 1.29 is 4.43 Å². The lowest BCUT2D eigenvalue weighted by Crippen LogP contribution is -2.39. The molecule has 0 aliphatic rings. The van der Waals surface area contributed by atoms with Crippen molar-refractivity contribution in [1.82, 2.24) is 0 Å². The lowest BCUT2D eigenvalue weighted by Gasteiger charge is -2.23. The summed E-state index contributed by atoms with van der Waals surface area (Å²) in [7, 11) is -2.89. The Balaban J connectivity index is 2.71. The Morgan fingerprint density at radius 1 is 1.00 bits per heavy atom. The van der Waals surface area contributed by atoms with Gasteiger partial charge in [0, 0.05) is 0 Å². The van der Waals surface area contributed by atoms with Gasteiger partial charge in [-0.25, -0.2) is 0 Å². The highest BCUT2D eigenvalue weighted by molar-refractivity contribution is 6.93. The monoisotopic (exact) mass is 278 g/mol. The average molecular weight is 279 g/mol. The summed E-state index contributed by atoms with van der Waals surface area (Å²) in [5.41, 5.74) is 2.40. The van der Waals surface area contributed by atoms with E-state index in [2.05, 4.69) is 81.8 Å². The molecule has 3 heteroatoms. The molecule has 0 saturated carbocycles. The molecule has 0 heterocycles. The number of benzene rings is 1. The Hall–Kier alpha value is -0.646. The van der Waals surface area contributed by atoms with Crippen LogP contribution in [0.15, 0.2) is 42.1 Å².